The molecule has 0 amide bonds. The van der Waals surface area contributed by atoms with E-state index in [0.717, 1.165) is 18.5 Å². The second-order valence-electron chi connectivity index (χ2n) is 5.77. The fourth-order valence-corrected chi connectivity index (χ4v) is 5.17. The Morgan fingerprint density at radius 1 is 1.32 bits per heavy atom. The van der Waals surface area contributed by atoms with Gasteiger partial charge in [-0.3, -0.25) is 4.68 Å². The summed E-state index contributed by atoms with van der Waals surface area (Å²) in [5, 5.41) is 8.10. The third-order valence-electron chi connectivity index (χ3n) is 4.19. The first-order valence-electron chi connectivity index (χ1n) is 7.27. The van der Waals surface area contributed by atoms with Gasteiger partial charge >= 0.3 is 0 Å². The maximum atomic E-state index is 13.1. The molecule has 120 valence electrons. The van der Waals surface area contributed by atoms with Gasteiger partial charge in [-0.05, 0) is 33.6 Å². The molecule has 1 fully saturated rings. The Bertz CT molecular complexity index is 806. The molecule has 2 aromatic heterocycles. The van der Waals surface area contributed by atoms with E-state index in [4.69, 9.17) is 4.52 Å². The Kier molecular flexibility index (Phi) is 3.60. The monoisotopic (exact) mass is 324 g/mol. The fourth-order valence-electron chi connectivity index (χ4n) is 3.10. The molecule has 0 unspecified atom stereocenters. The molecular formula is C14H20N4O3S. The molecule has 3 rings (SSSR count). The highest BCUT2D eigenvalue weighted by Gasteiger charge is 2.40. The van der Waals surface area contributed by atoms with Crippen LogP contribution in [-0.4, -0.2) is 34.2 Å². The second-order valence-corrected chi connectivity index (χ2v) is 7.60. The van der Waals surface area contributed by atoms with Crippen molar-refractivity contribution in [1.82, 2.24) is 19.2 Å². The van der Waals surface area contributed by atoms with Crippen LogP contribution >= 0.6 is 0 Å². The van der Waals surface area contributed by atoms with E-state index in [1.807, 2.05) is 13.0 Å². The van der Waals surface area contributed by atoms with Crippen molar-refractivity contribution in [3.05, 3.63) is 28.9 Å². The smallest absolute Gasteiger partial charge is 0.247 e. The van der Waals surface area contributed by atoms with Crippen LogP contribution in [0.1, 0.15) is 41.7 Å². The van der Waals surface area contributed by atoms with Crippen LogP contribution < -0.4 is 0 Å². The van der Waals surface area contributed by atoms with E-state index in [1.165, 1.54) is 4.31 Å². The zero-order chi connectivity index (χ0) is 16.1. The SMILES string of the molecule is Cc1cc([C@@H]2CCCN2S(=O)(=O)c2c(C)nn(C)c2C)on1. The number of aryl methyl sites for hydroxylation is 3. The van der Waals surface area contributed by atoms with Gasteiger partial charge < -0.3 is 4.52 Å². The van der Waals surface area contributed by atoms with Crippen molar-refractivity contribution in [2.75, 3.05) is 6.54 Å². The van der Waals surface area contributed by atoms with Gasteiger partial charge in [-0.25, -0.2) is 8.42 Å². The Balaban J connectivity index is 2.04. The molecular weight excluding hydrogens is 304 g/mol. The molecule has 0 spiro atoms. The summed E-state index contributed by atoms with van der Waals surface area (Å²) >= 11 is 0. The number of hydrogen-bond donors (Lipinski definition) is 0. The van der Waals surface area contributed by atoms with Gasteiger partial charge in [0.25, 0.3) is 0 Å². The van der Waals surface area contributed by atoms with Crippen LogP contribution in [-0.2, 0) is 17.1 Å². The zero-order valence-corrected chi connectivity index (χ0v) is 14.0. The highest BCUT2D eigenvalue weighted by molar-refractivity contribution is 7.89. The van der Waals surface area contributed by atoms with E-state index in [2.05, 4.69) is 10.3 Å². The third-order valence-corrected chi connectivity index (χ3v) is 6.35. The Morgan fingerprint density at radius 3 is 2.59 bits per heavy atom. The number of sulfonamides is 1. The molecule has 22 heavy (non-hydrogen) atoms. The lowest BCUT2D eigenvalue weighted by Crippen LogP contribution is -2.31. The van der Waals surface area contributed by atoms with E-state index in [1.54, 1.807) is 25.6 Å². The largest absolute Gasteiger partial charge is 0.359 e. The lowest BCUT2D eigenvalue weighted by Gasteiger charge is -2.22. The summed E-state index contributed by atoms with van der Waals surface area (Å²) in [4.78, 5) is 0.304. The van der Waals surface area contributed by atoms with Crippen molar-refractivity contribution >= 4 is 10.0 Å². The molecule has 1 atom stereocenters. The van der Waals surface area contributed by atoms with E-state index >= 15 is 0 Å². The quantitative estimate of drug-likeness (QED) is 0.861. The molecule has 0 N–H and O–H groups in total. The molecule has 1 saturated heterocycles. The van der Waals surface area contributed by atoms with Crippen LogP contribution in [0, 0.1) is 20.8 Å². The van der Waals surface area contributed by atoms with Gasteiger partial charge in [0, 0.05) is 19.7 Å². The number of nitrogens with zero attached hydrogens (tertiary/aromatic N) is 4. The van der Waals surface area contributed by atoms with Crippen molar-refractivity contribution in [1.29, 1.82) is 0 Å². The van der Waals surface area contributed by atoms with Crippen LogP contribution in [0.3, 0.4) is 0 Å². The standard InChI is InChI=1S/C14H20N4O3S/c1-9-8-13(21-16-9)12-6-5-7-18(12)22(19,20)14-10(2)15-17(4)11(14)3/h8,12H,5-7H2,1-4H3/t12-/m0/s1. The summed E-state index contributed by atoms with van der Waals surface area (Å²) in [6.45, 7) is 5.82. The summed E-state index contributed by atoms with van der Waals surface area (Å²) in [6.07, 6.45) is 1.55. The molecule has 8 heteroatoms. The van der Waals surface area contributed by atoms with Crippen molar-refractivity contribution < 1.29 is 12.9 Å². The van der Waals surface area contributed by atoms with Crippen molar-refractivity contribution in [2.45, 2.75) is 44.6 Å². The minimum atomic E-state index is -3.61. The fraction of sp³-hybridized carbons (Fsp3) is 0.571. The van der Waals surface area contributed by atoms with Crippen molar-refractivity contribution in [2.24, 2.45) is 7.05 Å². The van der Waals surface area contributed by atoms with E-state index in [-0.39, 0.29) is 6.04 Å². The number of rotatable bonds is 3. The minimum absolute atomic E-state index is 0.287. The molecule has 7 nitrogen and oxygen atoms in total. The lowest BCUT2D eigenvalue weighted by atomic mass is 10.2. The molecule has 2 aromatic rings. The summed E-state index contributed by atoms with van der Waals surface area (Å²) in [5.74, 6) is 0.609. The maximum absolute atomic E-state index is 13.1. The van der Waals surface area contributed by atoms with E-state index in [9.17, 15) is 8.42 Å². The topological polar surface area (TPSA) is 81.2 Å². The van der Waals surface area contributed by atoms with Crippen LogP contribution in [0.25, 0.3) is 0 Å². The van der Waals surface area contributed by atoms with Gasteiger partial charge in [-0.2, -0.15) is 9.40 Å². The minimum Gasteiger partial charge on any atom is -0.359 e. The predicted octanol–water partition coefficient (Wildman–Crippen LogP) is 1.86. The van der Waals surface area contributed by atoms with Crippen molar-refractivity contribution in [3.63, 3.8) is 0 Å². The van der Waals surface area contributed by atoms with Crippen LogP contribution in [0.15, 0.2) is 15.5 Å². The van der Waals surface area contributed by atoms with Crippen LogP contribution in [0.2, 0.25) is 0 Å². The highest BCUT2D eigenvalue weighted by atomic mass is 32.2. The zero-order valence-electron chi connectivity index (χ0n) is 13.2. The maximum Gasteiger partial charge on any atom is 0.247 e. The molecule has 0 bridgehead atoms. The normalized spacial score (nSPS) is 19.9. The lowest BCUT2D eigenvalue weighted by molar-refractivity contribution is 0.297. The molecule has 1 aliphatic rings. The Labute approximate surface area is 129 Å². The highest BCUT2D eigenvalue weighted by Crippen LogP contribution is 2.38. The van der Waals surface area contributed by atoms with Crippen LogP contribution in [0.5, 0.6) is 0 Å². The second kappa shape index (κ2) is 5.20. The number of hydrogen-bond acceptors (Lipinski definition) is 5. The number of aromatic nitrogens is 3. The summed E-state index contributed by atoms with van der Waals surface area (Å²) in [7, 11) is -1.85. The Hall–Kier alpha value is -1.67. The molecule has 0 aromatic carbocycles. The first-order chi connectivity index (χ1) is 10.3. The van der Waals surface area contributed by atoms with Gasteiger partial charge in [-0.1, -0.05) is 5.16 Å². The average Bonchev–Trinajstić information content (AvgIpc) is 3.10. The van der Waals surface area contributed by atoms with Gasteiger partial charge in [0.1, 0.15) is 4.90 Å². The first-order valence-corrected chi connectivity index (χ1v) is 8.71. The van der Waals surface area contributed by atoms with Gasteiger partial charge in [-0.15, -0.1) is 0 Å². The first kappa shape index (κ1) is 15.2. The van der Waals surface area contributed by atoms with Gasteiger partial charge in [0.15, 0.2) is 5.76 Å². The van der Waals surface area contributed by atoms with Crippen molar-refractivity contribution in [3.8, 4) is 0 Å². The molecule has 0 aliphatic carbocycles. The summed E-state index contributed by atoms with van der Waals surface area (Å²) in [5.41, 5.74) is 1.93. The molecule has 3 heterocycles. The Morgan fingerprint density at radius 2 is 2.05 bits per heavy atom. The summed E-state index contributed by atoms with van der Waals surface area (Å²) in [6, 6.07) is 1.52. The molecule has 0 radical (unpaired) electrons. The summed E-state index contributed by atoms with van der Waals surface area (Å²) < 4.78 is 34.6. The van der Waals surface area contributed by atoms with E-state index < -0.39 is 10.0 Å². The average molecular weight is 324 g/mol. The van der Waals surface area contributed by atoms with Crippen LogP contribution in [0.4, 0.5) is 0 Å². The van der Waals surface area contributed by atoms with E-state index in [0.29, 0.717) is 28.6 Å². The molecule has 1 aliphatic heterocycles. The van der Waals surface area contributed by atoms with Gasteiger partial charge in [0.05, 0.1) is 23.1 Å². The third kappa shape index (κ3) is 2.26. The predicted molar refractivity (Wildman–Crippen MR) is 79.8 cm³/mol. The van der Waals surface area contributed by atoms with Gasteiger partial charge in [0.2, 0.25) is 10.0 Å². The molecule has 0 saturated carbocycles.